The molecule has 1 aromatic carbocycles. The molecule has 0 aliphatic rings. The predicted octanol–water partition coefficient (Wildman–Crippen LogP) is 2.19. The zero-order valence-corrected chi connectivity index (χ0v) is 11.6. The molecule has 0 amide bonds. The van der Waals surface area contributed by atoms with Gasteiger partial charge in [-0.15, -0.1) is 5.10 Å². The molecule has 0 aliphatic carbocycles. The van der Waals surface area contributed by atoms with Crippen molar-refractivity contribution in [1.82, 2.24) is 15.0 Å². The molecule has 0 atom stereocenters. The summed E-state index contributed by atoms with van der Waals surface area (Å²) in [7, 11) is 1.32. The Morgan fingerprint density at radius 3 is 2.68 bits per heavy atom. The van der Waals surface area contributed by atoms with Crippen LogP contribution in [0, 0.1) is 11.3 Å². The maximum atomic E-state index is 11.5. The third-order valence-electron chi connectivity index (χ3n) is 3.06. The van der Waals surface area contributed by atoms with E-state index in [4.69, 9.17) is 9.68 Å². The molecule has 0 radical (unpaired) electrons. The van der Waals surface area contributed by atoms with E-state index in [1.807, 2.05) is 6.07 Å². The molecule has 0 bridgehead atoms. The second-order valence-electron chi connectivity index (χ2n) is 4.33. The van der Waals surface area contributed by atoms with Crippen molar-refractivity contribution in [2.24, 2.45) is 0 Å². The van der Waals surface area contributed by atoms with E-state index in [1.54, 1.807) is 36.4 Å². The third kappa shape index (κ3) is 2.23. The zero-order valence-electron chi connectivity index (χ0n) is 11.6. The Kier molecular flexibility index (Phi) is 3.42. The molecule has 0 unspecified atom stereocenters. The van der Waals surface area contributed by atoms with E-state index < -0.39 is 5.97 Å². The van der Waals surface area contributed by atoms with Crippen molar-refractivity contribution in [3.8, 4) is 23.2 Å². The Bertz CT molecular complexity index is 842. The Labute approximate surface area is 125 Å². The van der Waals surface area contributed by atoms with Crippen LogP contribution >= 0.6 is 0 Å². The number of methoxy groups -OCH3 is 1. The van der Waals surface area contributed by atoms with Crippen LogP contribution in [-0.4, -0.2) is 28.1 Å². The van der Waals surface area contributed by atoms with Gasteiger partial charge in [0.25, 0.3) is 0 Å². The summed E-state index contributed by atoms with van der Waals surface area (Å²) in [6, 6.07) is 12.0. The fourth-order valence-corrected chi connectivity index (χ4v) is 2.03. The van der Waals surface area contributed by atoms with Gasteiger partial charge in [-0.2, -0.15) is 5.26 Å². The lowest BCUT2D eigenvalue weighted by Crippen LogP contribution is -2.03. The first kappa shape index (κ1) is 13.6. The Hall–Kier alpha value is -3.40. The largest absolute Gasteiger partial charge is 0.465 e. The van der Waals surface area contributed by atoms with Crippen LogP contribution in [0.3, 0.4) is 0 Å². The van der Waals surface area contributed by atoms with Crippen LogP contribution in [0.1, 0.15) is 16.1 Å². The summed E-state index contributed by atoms with van der Waals surface area (Å²) in [5.74, 6) is 0.0627. The number of benzene rings is 1. The van der Waals surface area contributed by atoms with Gasteiger partial charge in [-0.3, -0.25) is 0 Å². The van der Waals surface area contributed by atoms with Crippen LogP contribution < -0.4 is 0 Å². The maximum absolute atomic E-state index is 11.5. The minimum absolute atomic E-state index is 0.159. The maximum Gasteiger partial charge on any atom is 0.337 e. The van der Waals surface area contributed by atoms with Crippen molar-refractivity contribution in [3.63, 3.8) is 0 Å². The fraction of sp³-hybridized carbons (Fsp3) is 0.0667. The van der Waals surface area contributed by atoms with Gasteiger partial charge in [-0.05, 0) is 36.4 Å². The molecule has 7 heteroatoms. The number of furan rings is 1. The van der Waals surface area contributed by atoms with E-state index in [1.165, 1.54) is 18.1 Å². The fourth-order valence-electron chi connectivity index (χ4n) is 2.03. The molecular weight excluding hydrogens is 284 g/mol. The number of carbonyl (C=O) groups is 1. The molecule has 0 fully saturated rings. The molecule has 0 aliphatic heterocycles. The summed E-state index contributed by atoms with van der Waals surface area (Å²) in [5, 5.41) is 17.0. The minimum Gasteiger partial charge on any atom is -0.465 e. The first-order valence-corrected chi connectivity index (χ1v) is 6.33. The van der Waals surface area contributed by atoms with Crippen molar-refractivity contribution in [3.05, 3.63) is 53.9 Å². The van der Waals surface area contributed by atoms with Gasteiger partial charge < -0.3 is 9.15 Å². The highest BCUT2D eigenvalue weighted by atomic mass is 16.5. The van der Waals surface area contributed by atoms with Crippen LogP contribution in [0.25, 0.3) is 17.1 Å². The highest BCUT2D eigenvalue weighted by Gasteiger charge is 2.18. The van der Waals surface area contributed by atoms with Crippen molar-refractivity contribution < 1.29 is 13.9 Å². The third-order valence-corrected chi connectivity index (χ3v) is 3.06. The number of ether oxygens (including phenoxy) is 1. The van der Waals surface area contributed by atoms with E-state index in [9.17, 15) is 4.79 Å². The molecule has 2 heterocycles. The van der Waals surface area contributed by atoms with Gasteiger partial charge in [0.2, 0.25) is 0 Å². The van der Waals surface area contributed by atoms with Gasteiger partial charge in [0, 0.05) is 0 Å². The van der Waals surface area contributed by atoms with Gasteiger partial charge >= 0.3 is 5.97 Å². The van der Waals surface area contributed by atoms with E-state index in [2.05, 4.69) is 15.0 Å². The van der Waals surface area contributed by atoms with E-state index in [0.717, 1.165) is 0 Å². The first-order chi connectivity index (χ1) is 10.7. The Morgan fingerprint density at radius 2 is 2.09 bits per heavy atom. The molecule has 3 aromatic rings. The number of hydrogen-bond donors (Lipinski definition) is 0. The van der Waals surface area contributed by atoms with E-state index in [0.29, 0.717) is 22.7 Å². The van der Waals surface area contributed by atoms with Gasteiger partial charge in [-0.1, -0.05) is 5.21 Å². The average molecular weight is 294 g/mol. The molecule has 3 rings (SSSR count). The lowest BCUT2D eigenvalue weighted by molar-refractivity contribution is 0.0600. The predicted molar refractivity (Wildman–Crippen MR) is 75.1 cm³/mol. The Balaban J connectivity index is 2.08. The zero-order chi connectivity index (χ0) is 15.5. The lowest BCUT2D eigenvalue weighted by atomic mass is 10.2. The summed E-state index contributed by atoms with van der Waals surface area (Å²) >= 11 is 0. The van der Waals surface area contributed by atoms with Crippen molar-refractivity contribution in [2.75, 3.05) is 7.11 Å². The van der Waals surface area contributed by atoms with Crippen molar-refractivity contribution in [1.29, 1.82) is 5.26 Å². The smallest absolute Gasteiger partial charge is 0.337 e. The highest BCUT2D eigenvalue weighted by molar-refractivity contribution is 5.89. The normalized spacial score (nSPS) is 10.2. The van der Waals surface area contributed by atoms with Gasteiger partial charge in [0.1, 0.15) is 11.8 Å². The number of esters is 1. The molecule has 0 N–H and O–H groups in total. The molecule has 0 saturated carbocycles. The van der Waals surface area contributed by atoms with Gasteiger partial charge in [0.15, 0.2) is 11.5 Å². The number of rotatable bonds is 3. The summed E-state index contributed by atoms with van der Waals surface area (Å²) in [5.41, 5.74) is 1.68. The summed E-state index contributed by atoms with van der Waals surface area (Å²) < 4.78 is 11.5. The van der Waals surface area contributed by atoms with Crippen LogP contribution in [0.15, 0.2) is 47.1 Å². The molecule has 7 nitrogen and oxygen atoms in total. The monoisotopic (exact) mass is 294 g/mol. The molecule has 2 aromatic heterocycles. The van der Waals surface area contributed by atoms with Crippen LogP contribution in [0.4, 0.5) is 0 Å². The topological polar surface area (TPSA) is 93.9 Å². The second-order valence-corrected chi connectivity index (χ2v) is 4.33. The van der Waals surface area contributed by atoms with Crippen LogP contribution in [-0.2, 0) is 4.74 Å². The highest BCUT2D eigenvalue weighted by Crippen LogP contribution is 2.25. The number of aromatic nitrogens is 3. The molecular formula is C15H10N4O3. The SMILES string of the molecule is COC(=O)c1ccc(-n2nnc(C#N)c2-c2ccco2)cc1. The summed E-state index contributed by atoms with van der Waals surface area (Å²) in [6.07, 6.45) is 1.51. The van der Waals surface area contributed by atoms with Gasteiger partial charge in [-0.25, -0.2) is 9.48 Å². The number of carbonyl (C=O) groups excluding carboxylic acids is 1. The molecule has 108 valence electrons. The van der Waals surface area contributed by atoms with Crippen LogP contribution in [0.5, 0.6) is 0 Å². The average Bonchev–Trinajstić information content (AvgIpc) is 3.22. The van der Waals surface area contributed by atoms with Gasteiger partial charge in [0.05, 0.1) is 24.6 Å². The summed E-state index contributed by atoms with van der Waals surface area (Å²) in [4.78, 5) is 11.5. The second kappa shape index (κ2) is 5.54. The van der Waals surface area contributed by atoms with E-state index >= 15 is 0 Å². The minimum atomic E-state index is -0.422. The van der Waals surface area contributed by atoms with Crippen molar-refractivity contribution >= 4 is 5.97 Å². The molecule has 0 saturated heterocycles. The number of nitriles is 1. The quantitative estimate of drug-likeness (QED) is 0.687. The van der Waals surface area contributed by atoms with Crippen molar-refractivity contribution in [2.45, 2.75) is 0 Å². The Morgan fingerprint density at radius 1 is 1.32 bits per heavy atom. The van der Waals surface area contributed by atoms with E-state index in [-0.39, 0.29) is 5.69 Å². The first-order valence-electron chi connectivity index (χ1n) is 6.33. The molecule has 0 spiro atoms. The molecule has 22 heavy (non-hydrogen) atoms. The number of hydrogen-bond acceptors (Lipinski definition) is 6. The van der Waals surface area contributed by atoms with Crippen LogP contribution in [0.2, 0.25) is 0 Å². The number of nitrogens with zero attached hydrogens (tertiary/aromatic N) is 4. The standard InChI is InChI=1S/C15H10N4O3/c1-21-15(20)10-4-6-11(7-5-10)19-14(12(9-16)17-18-19)13-3-2-8-22-13/h2-8H,1H3. The summed E-state index contributed by atoms with van der Waals surface area (Å²) in [6.45, 7) is 0. The lowest BCUT2D eigenvalue weighted by Gasteiger charge is -2.05.